The van der Waals surface area contributed by atoms with Crippen LogP contribution in [0.2, 0.25) is 15.1 Å². The van der Waals surface area contributed by atoms with Gasteiger partial charge in [-0.2, -0.15) is 0 Å². The molecule has 0 radical (unpaired) electrons. The van der Waals surface area contributed by atoms with Crippen molar-refractivity contribution in [1.29, 1.82) is 0 Å². The van der Waals surface area contributed by atoms with Crippen LogP contribution >= 0.6 is 34.8 Å². The third kappa shape index (κ3) is 3.43. The zero-order valence-electron chi connectivity index (χ0n) is 11.4. The van der Waals surface area contributed by atoms with Gasteiger partial charge in [-0.25, -0.2) is 4.39 Å². The van der Waals surface area contributed by atoms with Crippen molar-refractivity contribution in [1.82, 2.24) is 5.32 Å². The first-order chi connectivity index (χ1) is 9.97. The van der Waals surface area contributed by atoms with Gasteiger partial charge in [-0.05, 0) is 36.4 Å². The van der Waals surface area contributed by atoms with Crippen LogP contribution in [0.5, 0.6) is 5.75 Å². The summed E-state index contributed by atoms with van der Waals surface area (Å²) < 4.78 is 18.8. The van der Waals surface area contributed by atoms with E-state index in [4.69, 9.17) is 39.5 Å². The Bertz CT molecular complexity index is 664. The summed E-state index contributed by atoms with van der Waals surface area (Å²) in [4.78, 5) is 0. The maximum absolute atomic E-state index is 13.7. The quantitative estimate of drug-likeness (QED) is 0.829. The van der Waals surface area contributed by atoms with Crippen LogP contribution in [-0.2, 0) is 0 Å². The standard InChI is InChI=1S/C15H13Cl3FNO/c1-20-15(8-3-4-10(16)13(19)5-8)9-6-12(18)14(21-2)7-11(9)17/h3-7,15,20H,1-2H3. The van der Waals surface area contributed by atoms with Gasteiger partial charge in [-0.3, -0.25) is 0 Å². The Labute approximate surface area is 137 Å². The van der Waals surface area contributed by atoms with E-state index in [1.54, 1.807) is 25.2 Å². The minimum absolute atomic E-state index is 0.0764. The van der Waals surface area contributed by atoms with Crippen molar-refractivity contribution in [3.63, 3.8) is 0 Å². The van der Waals surface area contributed by atoms with Crippen LogP contribution in [0, 0.1) is 5.82 Å². The molecule has 0 aliphatic carbocycles. The van der Waals surface area contributed by atoms with Crippen molar-refractivity contribution < 1.29 is 9.13 Å². The van der Waals surface area contributed by atoms with Gasteiger partial charge in [0.15, 0.2) is 0 Å². The van der Waals surface area contributed by atoms with Crippen molar-refractivity contribution in [2.24, 2.45) is 0 Å². The fourth-order valence-corrected chi connectivity index (χ4v) is 2.74. The Morgan fingerprint density at radius 3 is 2.33 bits per heavy atom. The van der Waals surface area contributed by atoms with Crippen molar-refractivity contribution in [2.45, 2.75) is 6.04 Å². The zero-order valence-corrected chi connectivity index (χ0v) is 13.7. The third-order valence-corrected chi connectivity index (χ3v) is 4.08. The molecule has 2 rings (SSSR count). The Balaban J connectivity index is 2.50. The lowest BCUT2D eigenvalue weighted by Gasteiger charge is -2.20. The van der Waals surface area contributed by atoms with Crippen molar-refractivity contribution in [2.75, 3.05) is 14.2 Å². The monoisotopic (exact) mass is 347 g/mol. The molecule has 0 aliphatic rings. The average Bonchev–Trinajstić information content (AvgIpc) is 2.46. The van der Waals surface area contributed by atoms with Crippen LogP contribution in [0.15, 0.2) is 30.3 Å². The molecule has 6 heteroatoms. The molecule has 0 bridgehead atoms. The first kappa shape index (κ1) is 16.4. The van der Waals surface area contributed by atoms with Gasteiger partial charge in [-0.1, -0.05) is 40.9 Å². The SMILES string of the molecule is CNC(c1ccc(Cl)c(F)c1)c1cc(Cl)c(OC)cc1Cl. The molecule has 0 amide bonds. The van der Waals surface area contributed by atoms with Gasteiger partial charge in [0.25, 0.3) is 0 Å². The first-order valence-electron chi connectivity index (χ1n) is 6.13. The van der Waals surface area contributed by atoms with E-state index in [2.05, 4.69) is 5.32 Å². The van der Waals surface area contributed by atoms with Gasteiger partial charge in [0, 0.05) is 11.1 Å². The van der Waals surface area contributed by atoms with E-state index in [0.29, 0.717) is 21.4 Å². The Hall–Kier alpha value is -1.00. The number of hydrogen-bond donors (Lipinski definition) is 1. The highest BCUT2D eigenvalue weighted by atomic mass is 35.5. The summed E-state index contributed by atoms with van der Waals surface area (Å²) in [6, 6.07) is 7.65. The third-order valence-electron chi connectivity index (χ3n) is 3.15. The van der Waals surface area contributed by atoms with Crippen LogP contribution in [0.1, 0.15) is 17.2 Å². The molecule has 1 unspecified atom stereocenters. The highest BCUT2D eigenvalue weighted by Gasteiger charge is 2.19. The summed E-state index contributed by atoms with van der Waals surface area (Å²) >= 11 is 18.1. The highest BCUT2D eigenvalue weighted by Crippen LogP contribution is 2.36. The van der Waals surface area contributed by atoms with Gasteiger partial charge < -0.3 is 10.1 Å². The maximum atomic E-state index is 13.7. The number of halogens is 4. The molecule has 112 valence electrons. The fourth-order valence-electron chi connectivity index (χ4n) is 2.12. The Kier molecular flexibility index (Phi) is 5.33. The van der Waals surface area contributed by atoms with Crippen LogP contribution in [0.25, 0.3) is 0 Å². The van der Waals surface area contributed by atoms with Gasteiger partial charge in [0.05, 0.1) is 23.2 Å². The largest absolute Gasteiger partial charge is 0.495 e. The number of benzene rings is 2. The lowest BCUT2D eigenvalue weighted by atomic mass is 9.98. The molecule has 0 saturated heterocycles. The molecule has 0 heterocycles. The Morgan fingerprint density at radius 2 is 1.76 bits per heavy atom. The predicted molar refractivity (Wildman–Crippen MR) is 85.3 cm³/mol. The number of methoxy groups -OCH3 is 1. The molecular formula is C15H13Cl3FNO. The number of hydrogen-bond acceptors (Lipinski definition) is 2. The highest BCUT2D eigenvalue weighted by molar-refractivity contribution is 6.34. The number of nitrogens with one attached hydrogen (secondary N) is 1. The lowest BCUT2D eigenvalue weighted by molar-refractivity contribution is 0.415. The summed E-state index contributed by atoms with van der Waals surface area (Å²) in [6.45, 7) is 0. The molecule has 0 fully saturated rings. The van der Waals surface area contributed by atoms with E-state index in [0.717, 1.165) is 5.56 Å². The molecule has 0 spiro atoms. The second kappa shape index (κ2) is 6.84. The van der Waals surface area contributed by atoms with Gasteiger partial charge >= 0.3 is 0 Å². The average molecular weight is 349 g/mol. The summed E-state index contributed by atoms with van der Waals surface area (Å²) in [5, 5.41) is 4.08. The predicted octanol–water partition coefficient (Wildman–Crippen LogP) is 5.10. The number of rotatable bonds is 4. The summed E-state index contributed by atoms with van der Waals surface area (Å²) in [5.41, 5.74) is 1.43. The second-order valence-corrected chi connectivity index (χ2v) is 5.63. The maximum Gasteiger partial charge on any atom is 0.142 e. The molecular weight excluding hydrogens is 336 g/mol. The molecule has 0 saturated carbocycles. The van der Waals surface area contributed by atoms with E-state index in [9.17, 15) is 4.39 Å². The smallest absolute Gasteiger partial charge is 0.142 e. The molecule has 2 nitrogen and oxygen atoms in total. The van der Waals surface area contributed by atoms with Crippen LogP contribution in [-0.4, -0.2) is 14.2 Å². The van der Waals surface area contributed by atoms with E-state index in [1.165, 1.54) is 19.2 Å². The number of ether oxygens (including phenoxy) is 1. The van der Waals surface area contributed by atoms with E-state index < -0.39 is 5.82 Å². The molecule has 1 N–H and O–H groups in total. The van der Waals surface area contributed by atoms with Crippen LogP contribution in [0.3, 0.4) is 0 Å². The second-order valence-electron chi connectivity index (χ2n) is 4.40. The lowest BCUT2D eigenvalue weighted by Crippen LogP contribution is -2.18. The van der Waals surface area contributed by atoms with Gasteiger partial charge in [0.2, 0.25) is 0 Å². The summed E-state index contributed by atoms with van der Waals surface area (Å²) in [7, 11) is 3.27. The minimum Gasteiger partial charge on any atom is -0.495 e. The fraction of sp³-hybridized carbons (Fsp3) is 0.200. The van der Waals surface area contributed by atoms with Crippen LogP contribution in [0.4, 0.5) is 4.39 Å². The minimum atomic E-state index is -0.481. The molecule has 1 atom stereocenters. The summed E-state index contributed by atoms with van der Waals surface area (Å²) in [6.07, 6.45) is 0. The van der Waals surface area contributed by atoms with E-state index >= 15 is 0 Å². The van der Waals surface area contributed by atoms with E-state index in [1.807, 2.05) is 0 Å². The Morgan fingerprint density at radius 1 is 1.05 bits per heavy atom. The topological polar surface area (TPSA) is 21.3 Å². The van der Waals surface area contributed by atoms with Crippen molar-refractivity contribution in [3.05, 3.63) is 62.3 Å². The molecule has 2 aromatic carbocycles. The van der Waals surface area contributed by atoms with Crippen LogP contribution < -0.4 is 10.1 Å². The van der Waals surface area contributed by atoms with Gasteiger partial charge in [0.1, 0.15) is 11.6 Å². The molecule has 2 aromatic rings. The molecule has 0 aromatic heterocycles. The zero-order chi connectivity index (χ0) is 15.6. The normalized spacial score (nSPS) is 12.3. The first-order valence-corrected chi connectivity index (χ1v) is 7.26. The molecule has 0 aliphatic heterocycles. The summed E-state index contributed by atoms with van der Waals surface area (Å²) in [5.74, 6) is 0.00713. The molecule has 21 heavy (non-hydrogen) atoms. The van der Waals surface area contributed by atoms with Gasteiger partial charge in [-0.15, -0.1) is 0 Å². The van der Waals surface area contributed by atoms with E-state index in [-0.39, 0.29) is 11.1 Å². The van der Waals surface area contributed by atoms with Crippen molar-refractivity contribution >= 4 is 34.8 Å². The van der Waals surface area contributed by atoms with Crippen molar-refractivity contribution in [3.8, 4) is 5.75 Å².